The number of carboxylic acid groups (broad SMARTS) is 1. The monoisotopic (exact) mass is 226 g/mol. The molecule has 0 aliphatic heterocycles. The fourth-order valence-electron chi connectivity index (χ4n) is 2.02. The lowest BCUT2D eigenvalue weighted by atomic mass is 9.87. The number of carbonyl (C=O) groups is 1. The molecule has 0 spiro atoms. The average Bonchev–Trinajstić information content (AvgIpc) is 2.25. The van der Waals surface area contributed by atoms with Crippen LogP contribution in [-0.2, 0) is 4.79 Å². The normalized spacial score (nSPS) is 22.3. The van der Waals surface area contributed by atoms with E-state index in [2.05, 4.69) is 17.5 Å². The van der Waals surface area contributed by atoms with Crippen molar-refractivity contribution in [2.45, 2.75) is 25.3 Å². The maximum atomic E-state index is 11.2. The lowest BCUT2D eigenvalue weighted by molar-refractivity contribution is -0.141. The van der Waals surface area contributed by atoms with Crippen molar-refractivity contribution < 1.29 is 9.90 Å². The first kappa shape index (κ1) is 13.2. The third-order valence-corrected chi connectivity index (χ3v) is 2.97. The second-order valence-corrected chi connectivity index (χ2v) is 4.62. The van der Waals surface area contributed by atoms with Gasteiger partial charge in [-0.15, -0.1) is 0 Å². The molecule has 1 rings (SSSR count). The minimum absolute atomic E-state index is 0.240. The number of rotatable bonds is 6. The maximum absolute atomic E-state index is 11.2. The van der Waals surface area contributed by atoms with Gasteiger partial charge in [-0.3, -0.25) is 4.79 Å². The minimum Gasteiger partial charge on any atom is -0.480 e. The fraction of sp³-hybridized carbons (Fsp3) is 0.750. The van der Waals surface area contributed by atoms with E-state index in [1.807, 2.05) is 19.0 Å². The molecule has 1 aliphatic carbocycles. The summed E-state index contributed by atoms with van der Waals surface area (Å²) in [5.74, 6) is -0.483. The van der Waals surface area contributed by atoms with Crippen LogP contribution in [-0.4, -0.2) is 49.2 Å². The highest BCUT2D eigenvalue weighted by Gasteiger charge is 2.27. The Kier molecular flexibility index (Phi) is 5.49. The average molecular weight is 226 g/mol. The van der Waals surface area contributed by atoms with Gasteiger partial charge < -0.3 is 15.3 Å². The second kappa shape index (κ2) is 6.66. The Bertz CT molecular complexity index is 251. The summed E-state index contributed by atoms with van der Waals surface area (Å²) in [5.41, 5.74) is 0. The number of carboxylic acids is 1. The number of nitrogens with zero attached hydrogens (tertiary/aromatic N) is 1. The van der Waals surface area contributed by atoms with Gasteiger partial charge in [-0.2, -0.15) is 0 Å². The van der Waals surface area contributed by atoms with E-state index in [1.165, 1.54) is 0 Å². The number of nitrogens with one attached hydrogen (secondary N) is 1. The van der Waals surface area contributed by atoms with E-state index in [1.54, 1.807) is 0 Å². The molecule has 0 saturated heterocycles. The van der Waals surface area contributed by atoms with Gasteiger partial charge in [0.05, 0.1) is 0 Å². The van der Waals surface area contributed by atoms with Gasteiger partial charge in [-0.25, -0.2) is 0 Å². The molecule has 0 aromatic carbocycles. The van der Waals surface area contributed by atoms with Gasteiger partial charge in [0, 0.05) is 13.1 Å². The third-order valence-electron chi connectivity index (χ3n) is 2.97. The van der Waals surface area contributed by atoms with Crippen LogP contribution >= 0.6 is 0 Å². The molecule has 0 saturated carbocycles. The van der Waals surface area contributed by atoms with E-state index in [4.69, 9.17) is 0 Å². The zero-order valence-corrected chi connectivity index (χ0v) is 10.1. The van der Waals surface area contributed by atoms with Crippen molar-refractivity contribution >= 4 is 5.97 Å². The van der Waals surface area contributed by atoms with Crippen molar-refractivity contribution in [2.24, 2.45) is 5.92 Å². The molecule has 0 radical (unpaired) electrons. The predicted octanol–water partition coefficient (Wildman–Crippen LogP) is 0.947. The molecular weight excluding hydrogens is 204 g/mol. The van der Waals surface area contributed by atoms with Crippen molar-refractivity contribution in [3.63, 3.8) is 0 Å². The molecule has 0 aromatic rings. The largest absolute Gasteiger partial charge is 0.480 e. The maximum Gasteiger partial charge on any atom is 0.320 e. The van der Waals surface area contributed by atoms with Gasteiger partial charge in [-0.1, -0.05) is 12.2 Å². The van der Waals surface area contributed by atoms with E-state index in [0.29, 0.717) is 0 Å². The summed E-state index contributed by atoms with van der Waals surface area (Å²) in [5, 5.41) is 12.3. The van der Waals surface area contributed by atoms with Crippen LogP contribution < -0.4 is 5.32 Å². The highest BCUT2D eigenvalue weighted by molar-refractivity contribution is 5.73. The number of hydrogen-bond donors (Lipinski definition) is 2. The molecule has 1 aliphatic rings. The van der Waals surface area contributed by atoms with E-state index in [-0.39, 0.29) is 5.92 Å². The molecule has 0 heterocycles. The highest BCUT2D eigenvalue weighted by Crippen LogP contribution is 2.21. The molecule has 92 valence electrons. The molecule has 2 atom stereocenters. The van der Waals surface area contributed by atoms with Gasteiger partial charge in [0.2, 0.25) is 0 Å². The van der Waals surface area contributed by atoms with Crippen LogP contribution in [0.5, 0.6) is 0 Å². The third kappa shape index (κ3) is 4.33. The number of allylic oxidation sites excluding steroid dienone is 2. The highest BCUT2D eigenvalue weighted by atomic mass is 16.4. The molecule has 4 heteroatoms. The molecular formula is C12H22N2O2. The van der Waals surface area contributed by atoms with E-state index in [9.17, 15) is 9.90 Å². The Morgan fingerprint density at radius 1 is 1.56 bits per heavy atom. The zero-order chi connectivity index (χ0) is 12.0. The molecule has 0 bridgehead atoms. The Morgan fingerprint density at radius 2 is 2.31 bits per heavy atom. The zero-order valence-electron chi connectivity index (χ0n) is 10.1. The van der Waals surface area contributed by atoms with Crippen molar-refractivity contribution in [3.05, 3.63) is 12.2 Å². The fourth-order valence-corrected chi connectivity index (χ4v) is 2.02. The smallest absolute Gasteiger partial charge is 0.320 e. The number of hydrogen-bond acceptors (Lipinski definition) is 3. The van der Waals surface area contributed by atoms with Crippen molar-refractivity contribution in [1.29, 1.82) is 0 Å². The van der Waals surface area contributed by atoms with E-state index in [0.717, 1.165) is 32.4 Å². The molecule has 0 amide bonds. The summed E-state index contributed by atoms with van der Waals surface area (Å²) >= 11 is 0. The van der Waals surface area contributed by atoms with Gasteiger partial charge in [0.1, 0.15) is 6.04 Å². The van der Waals surface area contributed by atoms with Crippen LogP contribution in [0, 0.1) is 5.92 Å². The van der Waals surface area contributed by atoms with Crippen molar-refractivity contribution in [1.82, 2.24) is 10.2 Å². The summed E-state index contributed by atoms with van der Waals surface area (Å²) in [6, 6.07) is -0.398. The van der Waals surface area contributed by atoms with Crippen LogP contribution in [0.2, 0.25) is 0 Å². The number of aliphatic carboxylic acids is 1. The molecule has 0 aromatic heterocycles. The number of likely N-dealkylation sites (N-methyl/N-ethyl adjacent to an activating group) is 1. The Hall–Kier alpha value is -0.870. The van der Waals surface area contributed by atoms with Crippen molar-refractivity contribution in [3.8, 4) is 0 Å². The quantitative estimate of drug-likeness (QED) is 0.662. The predicted molar refractivity (Wildman–Crippen MR) is 64.5 cm³/mol. The molecule has 2 N–H and O–H groups in total. The first-order valence-corrected chi connectivity index (χ1v) is 5.87. The Labute approximate surface area is 97.3 Å². The van der Waals surface area contributed by atoms with Crippen LogP contribution in [0.4, 0.5) is 0 Å². The van der Waals surface area contributed by atoms with E-state index < -0.39 is 12.0 Å². The molecule has 0 fully saturated rings. The van der Waals surface area contributed by atoms with Gasteiger partial charge in [0.15, 0.2) is 0 Å². The first-order valence-electron chi connectivity index (χ1n) is 5.87. The van der Waals surface area contributed by atoms with E-state index >= 15 is 0 Å². The summed E-state index contributed by atoms with van der Waals surface area (Å²) in [4.78, 5) is 13.2. The van der Waals surface area contributed by atoms with Gasteiger partial charge >= 0.3 is 5.97 Å². The lowest BCUT2D eigenvalue weighted by Gasteiger charge is -2.26. The summed E-state index contributed by atoms with van der Waals surface area (Å²) in [6.45, 7) is 1.59. The Balaban J connectivity index is 2.41. The Morgan fingerprint density at radius 3 is 2.81 bits per heavy atom. The summed E-state index contributed by atoms with van der Waals surface area (Å²) in [6.07, 6.45) is 7.09. The summed E-state index contributed by atoms with van der Waals surface area (Å²) < 4.78 is 0. The topological polar surface area (TPSA) is 52.6 Å². The second-order valence-electron chi connectivity index (χ2n) is 4.62. The van der Waals surface area contributed by atoms with Gasteiger partial charge in [0.25, 0.3) is 0 Å². The van der Waals surface area contributed by atoms with Gasteiger partial charge in [-0.05, 0) is 39.3 Å². The lowest BCUT2D eigenvalue weighted by Crippen LogP contribution is -2.45. The minimum atomic E-state index is -0.723. The SMILES string of the molecule is CN(C)CCNC(C(=O)O)C1CC=CCC1. The van der Waals surface area contributed by atoms with Crippen molar-refractivity contribution in [2.75, 3.05) is 27.2 Å². The van der Waals surface area contributed by atoms with Crippen LogP contribution in [0.25, 0.3) is 0 Å². The summed E-state index contributed by atoms with van der Waals surface area (Å²) in [7, 11) is 3.97. The molecule has 4 nitrogen and oxygen atoms in total. The van der Waals surface area contributed by atoms with Crippen LogP contribution in [0.3, 0.4) is 0 Å². The first-order chi connectivity index (χ1) is 7.61. The van der Waals surface area contributed by atoms with Crippen LogP contribution in [0.1, 0.15) is 19.3 Å². The molecule has 2 unspecified atom stereocenters. The molecule has 16 heavy (non-hydrogen) atoms. The standard InChI is InChI=1S/C12H22N2O2/c1-14(2)9-8-13-11(12(15)16)10-6-4-3-5-7-10/h3-4,10-11,13H,5-9H2,1-2H3,(H,15,16). The van der Waals surface area contributed by atoms with Crippen LogP contribution in [0.15, 0.2) is 12.2 Å².